The molecule has 28 heavy (non-hydrogen) atoms. The first-order valence-corrected chi connectivity index (χ1v) is 9.86. The van der Waals surface area contributed by atoms with E-state index in [4.69, 9.17) is 11.6 Å². The fourth-order valence-corrected chi connectivity index (χ4v) is 4.58. The largest absolute Gasteiger partial charge is 0.370 e. The Labute approximate surface area is 168 Å². The molecule has 2 atom stereocenters. The number of anilines is 1. The van der Waals surface area contributed by atoms with Gasteiger partial charge in [0.2, 0.25) is 11.8 Å². The number of nitrogens with zero attached hydrogens (tertiary/aromatic N) is 2. The first-order valence-electron chi connectivity index (χ1n) is 9.48. The average molecular weight is 400 g/mol. The van der Waals surface area contributed by atoms with Gasteiger partial charge in [0.1, 0.15) is 0 Å². The number of imide groups is 1. The van der Waals surface area contributed by atoms with E-state index in [9.17, 15) is 14.4 Å². The number of piperidine rings is 1. The fourth-order valence-electron chi connectivity index (χ4n) is 4.20. The molecule has 0 aliphatic carbocycles. The molecule has 2 saturated heterocycles. The third kappa shape index (κ3) is 3.33. The van der Waals surface area contributed by atoms with E-state index in [-0.39, 0.29) is 23.3 Å². The lowest BCUT2D eigenvalue weighted by molar-refractivity contribution is -0.134. The van der Waals surface area contributed by atoms with Crippen molar-refractivity contribution in [2.75, 3.05) is 18.0 Å². The average Bonchev–Trinajstić information content (AvgIpc) is 3.14. The number of benzene rings is 1. The minimum Gasteiger partial charge on any atom is -0.370 e. The van der Waals surface area contributed by atoms with Crippen LogP contribution in [0.1, 0.15) is 42.2 Å². The quantitative estimate of drug-likeness (QED) is 0.805. The fraction of sp³-hybridized carbons (Fsp3) is 0.381. The molecule has 7 heteroatoms. The second-order valence-corrected chi connectivity index (χ2v) is 7.87. The summed E-state index contributed by atoms with van der Waals surface area (Å²) in [7, 11) is 1.76. The topological polar surface area (TPSA) is 71.4 Å². The Balaban J connectivity index is 1.59. The third-order valence-electron chi connectivity index (χ3n) is 5.74. The van der Waals surface area contributed by atoms with E-state index < -0.39 is 5.92 Å². The minimum absolute atomic E-state index is 0.0396. The molecule has 0 spiro atoms. The molecule has 146 valence electrons. The van der Waals surface area contributed by atoms with E-state index in [1.807, 2.05) is 30.3 Å². The van der Waals surface area contributed by atoms with E-state index in [0.717, 1.165) is 29.8 Å². The van der Waals surface area contributed by atoms with Crippen molar-refractivity contribution >= 4 is 29.1 Å². The number of carbonyl (C=O) groups excluding carboxylic acids is 2. The SMILES string of the molecule is Cn1cccc(C2CCN(c3cccc(C4CCC(=O)NC4=O)c3Cl)C2)c1=O. The van der Waals surface area contributed by atoms with Crippen molar-refractivity contribution < 1.29 is 9.59 Å². The van der Waals surface area contributed by atoms with Crippen molar-refractivity contribution in [1.82, 2.24) is 9.88 Å². The number of aromatic nitrogens is 1. The van der Waals surface area contributed by atoms with Crippen LogP contribution in [0.3, 0.4) is 0 Å². The van der Waals surface area contributed by atoms with Crippen LogP contribution in [-0.2, 0) is 16.6 Å². The normalized spacial score (nSPS) is 22.4. The second kappa shape index (κ2) is 7.43. The number of halogens is 1. The maximum atomic E-state index is 12.4. The summed E-state index contributed by atoms with van der Waals surface area (Å²) >= 11 is 6.70. The number of pyridine rings is 1. The highest BCUT2D eigenvalue weighted by atomic mass is 35.5. The lowest BCUT2D eigenvalue weighted by atomic mass is 9.90. The van der Waals surface area contributed by atoms with Gasteiger partial charge in [-0.05, 0) is 30.5 Å². The molecule has 2 amide bonds. The Morgan fingerprint density at radius 2 is 1.86 bits per heavy atom. The van der Waals surface area contributed by atoms with E-state index >= 15 is 0 Å². The summed E-state index contributed by atoms with van der Waals surface area (Å²) in [6.45, 7) is 1.50. The van der Waals surface area contributed by atoms with Gasteiger partial charge in [0.15, 0.2) is 0 Å². The highest BCUT2D eigenvalue weighted by Gasteiger charge is 2.32. The number of rotatable bonds is 3. The van der Waals surface area contributed by atoms with Gasteiger partial charge in [-0.1, -0.05) is 29.8 Å². The molecule has 0 bridgehead atoms. The van der Waals surface area contributed by atoms with Crippen LogP contribution in [0.4, 0.5) is 5.69 Å². The number of hydrogen-bond donors (Lipinski definition) is 1. The summed E-state index contributed by atoms with van der Waals surface area (Å²) in [4.78, 5) is 38.3. The first kappa shape index (κ1) is 18.7. The monoisotopic (exact) mass is 399 g/mol. The standard InChI is InChI=1S/C21H22ClN3O3/c1-24-10-3-5-14(21(24)28)13-9-11-25(12-13)17-6-2-4-15(19(17)22)16-7-8-18(26)23-20(16)27/h2-6,10,13,16H,7-9,11-12H2,1H3,(H,23,26,27). The molecule has 1 aromatic heterocycles. The molecule has 3 heterocycles. The lowest BCUT2D eigenvalue weighted by Crippen LogP contribution is -2.39. The molecule has 2 fully saturated rings. The first-order chi connectivity index (χ1) is 13.5. The van der Waals surface area contributed by atoms with E-state index in [1.54, 1.807) is 17.8 Å². The van der Waals surface area contributed by atoms with Crippen LogP contribution in [0.2, 0.25) is 5.02 Å². The molecule has 1 N–H and O–H groups in total. The number of hydrogen-bond acceptors (Lipinski definition) is 4. The Morgan fingerprint density at radius 3 is 2.64 bits per heavy atom. The zero-order chi connectivity index (χ0) is 19.8. The van der Waals surface area contributed by atoms with Gasteiger partial charge in [0.25, 0.3) is 5.56 Å². The molecule has 6 nitrogen and oxygen atoms in total. The number of carbonyl (C=O) groups is 2. The van der Waals surface area contributed by atoms with Crippen LogP contribution in [0.25, 0.3) is 0 Å². The van der Waals surface area contributed by atoms with E-state index in [1.165, 1.54) is 0 Å². The lowest BCUT2D eigenvalue weighted by Gasteiger charge is -2.26. The Kier molecular flexibility index (Phi) is 4.98. The van der Waals surface area contributed by atoms with Gasteiger partial charge in [-0.15, -0.1) is 0 Å². The van der Waals surface area contributed by atoms with Crippen molar-refractivity contribution in [2.45, 2.75) is 31.1 Å². The summed E-state index contributed by atoms with van der Waals surface area (Å²) in [5.74, 6) is -0.789. The Bertz CT molecular complexity index is 1000. The van der Waals surface area contributed by atoms with Crippen molar-refractivity contribution in [1.29, 1.82) is 0 Å². The highest BCUT2D eigenvalue weighted by molar-refractivity contribution is 6.34. The smallest absolute Gasteiger partial charge is 0.253 e. The number of amides is 2. The number of aryl methyl sites for hydroxylation is 1. The van der Waals surface area contributed by atoms with Gasteiger partial charge in [-0.3, -0.25) is 19.7 Å². The predicted molar refractivity (Wildman–Crippen MR) is 108 cm³/mol. The van der Waals surface area contributed by atoms with Crippen molar-refractivity contribution in [3.8, 4) is 0 Å². The highest BCUT2D eigenvalue weighted by Crippen LogP contribution is 2.39. The van der Waals surface area contributed by atoms with Crippen molar-refractivity contribution in [3.63, 3.8) is 0 Å². The molecule has 1 aromatic carbocycles. The Morgan fingerprint density at radius 1 is 1.07 bits per heavy atom. The minimum atomic E-state index is -0.412. The van der Waals surface area contributed by atoms with E-state index in [2.05, 4.69) is 10.2 Å². The van der Waals surface area contributed by atoms with Crippen LogP contribution < -0.4 is 15.8 Å². The van der Waals surface area contributed by atoms with Gasteiger partial charge in [-0.25, -0.2) is 0 Å². The maximum Gasteiger partial charge on any atom is 0.253 e. The predicted octanol–water partition coefficient (Wildman–Crippen LogP) is 2.55. The zero-order valence-electron chi connectivity index (χ0n) is 15.7. The van der Waals surface area contributed by atoms with Gasteiger partial charge in [-0.2, -0.15) is 0 Å². The molecule has 2 unspecified atom stereocenters. The van der Waals surface area contributed by atoms with Crippen molar-refractivity contribution in [2.24, 2.45) is 7.05 Å². The summed E-state index contributed by atoms with van der Waals surface area (Å²) in [6, 6.07) is 9.50. The molecule has 4 rings (SSSR count). The molecule has 2 aromatic rings. The van der Waals surface area contributed by atoms with Crippen LogP contribution in [0.15, 0.2) is 41.3 Å². The van der Waals surface area contributed by atoms with Gasteiger partial charge >= 0.3 is 0 Å². The van der Waals surface area contributed by atoms with Crippen LogP contribution in [-0.4, -0.2) is 29.5 Å². The van der Waals surface area contributed by atoms with Gasteiger partial charge in [0.05, 0.1) is 16.6 Å². The molecule has 0 radical (unpaired) electrons. The summed E-state index contributed by atoms with van der Waals surface area (Å²) in [5, 5.41) is 2.95. The molecular formula is C21H22ClN3O3. The van der Waals surface area contributed by atoms with Crippen LogP contribution in [0, 0.1) is 0 Å². The van der Waals surface area contributed by atoms with Crippen LogP contribution >= 0.6 is 11.6 Å². The van der Waals surface area contributed by atoms with Crippen LogP contribution in [0.5, 0.6) is 0 Å². The molecule has 2 aliphatic heterocycles. The maximum absolute atomic E-state index is 12.4. The van der Waals surface area contributed by atoms with Gasteiger partial charge in [0, 0.05) is 44.2 Å². The number of nitrogens with one attached hydrogen (secondary N) is 1. The third-order valence-corrected chi connectivity index (χ3v) is 6.16. The zero-order valence-corrected chi connectivity index (χ0v) is 16.4. The summed E-state index contributed by atoms with van der Waals surface area (Å²) in [6.07, 6.45) is 3.42. The van der Waals surface area contributed by atoms with Crippen molar-refractivity contribution in [3.05, 3.63) is 63.0 Å². The van der Waals surface area contributed by atoms with E-state index in [0.29, 0.717) is 24.4 Å². The second-order valence-electron chi connectivity index (χ2n) is 7.50. The molecule has 0 saturated carbocycles. The summed E-state index contributed by atoms with van der Waals surface area (Å²) in [5.41, 5.74) is 2.49. The molecular weight excluding hydrogens is 378 g/mol. The Hall–Kier alpha value is -2.60. The van der Waals surface area contributed by atoms with Gasteiger partial charge < -0.3 is 9.47 Å². The molecule has 2 aliphatic rings. The summed E-state index contributed by atoms with van der Waals surface area (Å²) < 4.78 is 1.61.